The van der Waals surface area contributed by atoms with Crippen LogP contribution < -0.4 is 10.9 Å². The van der Waals surface area contributed by atoms with Crippen molar-refractivity contribution in [2.24, 2.45) is 0 Å². The fourth-order valence-electron chi connectivity index (χ4n) is 1.07. The van der Waals surface area contributed by atoms with Gasteiger partial charge in [-0.25, -0.2) is 0 Å². The Morgan fingerprint density at radius 3 is 2.38 bits per heavy atom. The number of rotatable bonds is 3. The molecule has 0 fully saturated rings. The van der Waals surface area contributed by atoms with Crippen LogP contribution in [0.1, 0.15) is 15.9 Å². The van der Waals surface area contributed by atoms with E-state index >= 15 is 0 Å². The molecule has 0 radical (unpaired) electrons. The van der Waals surface area contributed by atoms with Crippen LogP contribution in [0.5, 0.6) is 0 Å². The van der Waals surface area contributed by atoms with Crippen LogP contribution in [0.15, 0.2) is 24.3 Å². The first-order chi connectivity index (χ1) is 7.63. The zero-order chi connectivity index (χ0) is 12.0. The van der Waals surface area contributed by atoms with Crippen LogP contribution in [-0.2, 0) is 9.53 Å². The summed E-state index contributed by atoms with van der Waals surface area (Å²) in [5, 5.41) is 0. The maximum atomic E-state index is 11.5. The molecular weight excluding hydrogens is 208 g/mol. The van der Waals surface area contributed by atoms with E-state index in [4.69, 9.17) is 0 Å². The van der Waals surface area contributed by atoms with Crippen molar-refractivity contribution in [3.05, 3.63) is 35.4 Å². The van der Waals surface area contributed by atoms with Crippen LogP contribution in [0.2, 0.25) is 0 Å². The summed E-state index contributed by atoms with van der Waals surface area (Å²) < 4.78 is 4.59. The SMILES string of the molecule is COCC(=O)NNC(=O)c1ccc(C)cc1. The molecule has 5 heteroatoms. The van der Waals surface area contributed by atoms with Crippen molar-refractivity contribution in [3.8, 4) is 0 Å². The Hall–Kier alpha value is -1.88. The lowest BCUT2D eigenvalue weighted by molar-refractivity contribution is -0.125. The van der Waals surface area contributed by atoms with E-state index in [0.29, 0.717) is 5.56 Å². The highest BCUT2D eigenvalue weighted by molar-refractivity contribution is 5.95. The van der Waals surface area contributed by atoms with Crippen molar-refractivity contribution < 1.29 is 14.3 Å². The van der Waals surface area contributed by atoms with Gasteiger partial charge in [-0.15, -0.1) is 0 Å². The summed E-state index contributed by atoms with van der Waals surface area (Å²) in [6.45, 7) is 1.84. The molecule has 1 aromatic carbocycles. The maximum Gasteiger partial charge on any atom is 0.269 e. The lowest BCUT2D eigenvalue weighted by Crippen LogP contribution is -2.43. The van der Waals surface area contributed by atoms with Gasteiger partial charge in [0.15, 0.2) is 0 Å². The summed E-state index contributed by atoms with van der Waals surface area (Å²) in [7, 11) is 1.40. The summed E-state index contributed by atoms with van der Waals surface area (Å²) in [6, 6.07) is 7.03. The van der Waals surface area contributed by atoms with Crippen LogP contribution >= 0.6 is 0 Å². The Morgan fingerprint density at radius 2 is 1.81 bits per heavy atom. The van der Waals surface area contributed by atoms with Gasteiger partial charge in [0.05, 0.1) is 0 Å². The molecule has 2 amide bonds. The first kappa shape index (κ1) is 12.2. The number of methoxy groups -OCH3 is 1. The Labute approximate surface area is 93.8 Å². The Kier molecular flexibility index (Phi) is 4.47. The summed E-state index contributed by atoms with van der Waals surface area (Å²) in [5.74, 6) is -0.757. The van der Waals surface area contributed by atoms with E-state index in [-0.39, 0.29) is 12.5 Å². The molecule has 86 valence electrons. The summed E-state index contributed by atoms with van der Waals surface area (Å²) >= 11 is 0. The van der Waals surface area contributed by atoms with Gasteiger partial charge in [0.2, 0.25) is 0 Å². The van der Waals surface area contributed by atoms with E-state index in [1.54, 1.807) is 12.1 Å². The van der Waals surface area contributed by atoms with E-state index in [1.165, 1.54) is 7.11 Å². The van der Waals surface area contributed by atoms with Gasteiger partial charge in [-0.3, -0.25) is 20.4 Å². The van der Waals surface area contributed by atoms with E-state index < -0.39 is 5.91 Å². The number of hydrogen-bond acceptors (Lipinski definition) is 3. The predicted octanol–water partition coefficient (Wildman–Crippen LogP) is 0.402. The number of carbonyl (C=O) groups excluding carboxylic acids is 2. The second-order valence-corrected chi connectivity index (χ2v) is 3.30. The molecule has 16 heavy (non-hydrogen) atoms. The largest absolute Gasteiger partial charge is 0.375 e. The third kappa shape index (κ3) is 3.70. The van der Waals surface area contributed by atoms with E-state index in [9.17, 15) is 9.59 Å². The number of hydrazine groups is 1. The molecule has 0 aliphatic heterocycles. The van der Waals surface area contributed by atoms with Crippen molar-refractivity contribution in [3.63, 3.8) is 0 Å². The first-order valence-electron chi connectivity index (χ1n) is 4.78. The Morgan fingerprint density at radius 1 is 1.19 bits per heavy atom. The number of hydrogen-bond donors (Lipinski definition) is 2. The number of carbonyl (C=O) groups is 2. The minimum absolute atomic E-state index is 0.0891. The molecule has 2 N–H and O–H groups in total. The molecule has 0 aromatic heterocycles. The van der Waals surface area contributed by atoms with Crippen LogP contribution in [0.4, 0.5) is 0 Å². The molecule has 0 bridgehead atoms. The van der Waals surface area contributed by atoms with Gasteiger partial charge in [-0.2, -0.15) is 0 Å². The summed E-state index contributed by atoms with van der Waals surface area (Å²) in [5.41, 5.74) is 6.08. The van der Waals surface area contributed by atoms with Crippen LogP contribution in [0.3, 0.4) is 0 Å². The summed E-state index contributed by atoms with van der Waals surface area (Å²) in [6.07, 6.45) is 0. The van der Waals surface area contributed by atoms with E-state index in [0.717, 1.165) is 5.56 Å². The fraction of sp³-hybridized carbons (Fsp3) is 0.273. The Balaban J connectivity index is 2.47. The van der Waals surface area contributed by atoms with Crippen LogP contribution in [0.25, 0.3) is 0 Å². The van der Waals surface area contributed by atoms with Crippen LogP contribution in [-0.4, -0.2) is 25.5 Å². The second kappa shape index (κ2) is 5.87. The highest BCUT2D eigenvalue weighted by atomic mass is 16.5. The minimum Gasteiger partial charge on any atom is -0.375 e. The molecule has 0 heterocycles. The van der Waals surface area contributed by atoms with E-state index in [1.807, 2.05) is 19.1 Å². The van der Waals surface area contributed by atoms with Gasteiger partial charge in [0, 0.05) is 12.7 Å². The molecule has 0 spiro atoms. The third-order valence-electron chi connectivity index (χ3n) is 1.90. The minimum atomic E-state index is -0.400. The van der Waals surface area contributed by atoms with Crippen molar-refractivity contribution in [1.29, 1.82) is 0 Å². The quantitative estimate of drug-likeness (QED) is 0.727. The average molecular weight is 222 g/mol. The highest BCUT2D eigenvalue weighted by Gasteiger charge is 2.06. The maximum absolute atomic E-state index is 11.5. The van der Waals surface area contributed by atoms with Crippen molar-refractivity contribution in [2.75, 3.05) is 13.7 Å². The van der Waals surface area contributed by atoms with E-state index in [2.05, 4.69) is 15.6 Å². The first-order valence-corrected chi connectivity index (χ1v) is 4.78. The molecule has 5 nitrogen and oxygen atoms in total. The molecular formula is C11H14N2O3. The van der Waals surface area contributed by atoms with Gasteiger partial charge < -0.3 is 4.74 Å². The monoisotopic (exact) mass is 222 g/mol. The van der Waals surface area contributed by atoms with Gasteiger partial charge in [0.1, 0.15) is 6.61 Å². The number of ether oxygens (including phenoxy) is 1. The molecule has 0 aliphatic carbocycles. The second-order valence-electron chi connectivity index (χ2n) is 3.30. The number of aryl methyl sites for hydroxylation is 1. The number of benzene rings is 1. The molecule has 0 saturated heterocycles. The van der Waals surface area contributed by atoms with Gasteiger partial charge in [-0.1, -0.05) is 17.7 Å². The Bertz CT molecular complexity index is 373. The third-order valence-corrected chi connectivity index (χ3v) is 1.90. The van der Waals surface area contributed by atoms with Gasteiger partial charge in [0.25, 0.3) is 11.8 Å². The fourth-order valence-corrected chi connectivity index (χ4v) is 1.07. The van der Waals surface area contributed by atoms with Gasteiger partial charge in [-0.05, 0) is 19.1 Å². The number of amides is 2. The lowest BCUT2D eigenvalue weighted by atomic mass is 10.1. The molecule has 0 aliphatic rings. The van der Waals surface area contributed by atoms with Crippen molar-refractivity contribution in [2.45, 2.75) is 6.92 Å². The molecule has 0 unspecified atom stereocenters. The topological polar surface area (TPSA) is 67.4 Å². The standard InChI is InChI=1S/C11H14N2O3/c1-8-3-5-9(6-4-8)11(15)13-12-10(14)7-16-2/h3-6H,7H2,1-2H3,(H,12,14)(H,13,15). The van der Waals surface area contributed by atoms with Crippen LogP contribution in [0, 0.1) is 6.92 Å². The molecule has 0 saturated carbocycles. The molecule has 1 rings (SSSR count). The summed E-state index contributed by atoms with van der Waals surface area (Å²) in [4.78, 5) is 22.5. The van der Waals surface area contributed by atoms with Gasteiger partial charge >= 0.3 is 0 Å². The smallest absolute Gasteiger partial charge is 0.269 e. The zero-order valence-corrected chi connectivity index (χ0v) is 9.24. The molecule has 1 aromatic rings. The molecule has 0 atom stereocenters. The number of nitrogens with one attached hydrogen (secondary N) is 2. The van der Waals surface area contributed by atoms with Crippen molar-refractivity contribution >= 4 is 11.8 Å². The predicted molar refractivity (Wildman–Crippen MR) is 58.7 cm³/mol. The lowest BCUT2D eigenvalue weighted by Gasteiger charge is -2.06. The zero-order valence-electron chi connectivity index (χ0n) is 9.24. The highest BCUT2D eigenvalue weighted by Crippen LogP contribution is 2.01. The average Bonchev–Trinajstić information content (AvgIpc) is 2.27. The normalized spacial score (nSPS) is 9.62. The van der Waals surface area contributed by atoms with Crippen molar-refractivity contribution in [1.82, 2.24) is 10.9 Å².